The van der Waals surface area contributed by atoms with Gasteiger partial charge in [0.25, 0.3) is 5.91 Å². The third-order valence-electron chi connectivity index (χ3n) is 3.27. The van der Waals surface area contributed by atoms with Crippen molar-refractivity contribution in [3.8, 4) is 0 Å². The first kappa shape index (κ1) is 16.9. The van der Waals surface area contributed by atoms with Crippen LogP contribution in [0, 0.1) is 0 Å². The molecule has 122 valence electrons. The molecule has 0 radical (unpaired) electrons. The largest absolute Gasteiger partial charge is 0.293 e. The maximum Gasteiger partial charge on any atom is 0.293 e. The second-order valence-corrected chi connectivity index (χ2v) is 5.01. The average molecular weight is 317 g/mol. The van der Waals surface area contributed by atoms with Crippen LogP contribution in [0.2, 0.25) is 0 Å². The Kier molecular flexibility index (Phi) is 6.46. The lowest BCUT2D eigenvalue weighted by Crippen LogP contribution is -2.25. The highest BCUT2D eigenvalue weighted by molar-refractivity contribution is 5.94. The van der Waals surface area contributed by atoms with Crippen LogP contribution in [0.3, 0.4) is 0 Å². The summed E-state index contributed by atoms with van der Waals surface area (Å²) in [6, 6.07) is 11.0. The molecule has 23 heavy (non-hydrogen) atoms. The van der Waals surface area contributed by atoms with Gasteiger partial charge in [0.1, 0.15) is 5.69 Å². The van der Waals surface area contributed by atoms with E-state index in [1.807, 2.05) is 30.3 Å². The fourth-order valence-electron chi connectivity index (χ4n) is 2.05. The number of para-hydroxylation sites is 1. The number of nitrogens with zero attached hydrogens (tertiary/aromatic N) is 1. The zero-order valence-corrected chi connectivity index (χ0v) is 12.6. The van der Waals surface area contributed by atoms with E-state index in [2.05, 4.69) is 10.5 Å². The Morgan fingerprint density at radius 1 is 1.09 bits per heavy atom. The Labute approximate surface area is 133 Å². The van der Waals surface area contributed by atoms with Crippen LogP contribution in [-0.4, -0.2) is 28.6 Å². The number of hydrogen-bond acceptors (Lipinski definition) is 5. The SMILES string of the molecule is O=C(CCCCCONC(=O)c1ccc2ccccc2n1)NO. The van der Waals surface area contributed by atoms with E-state index in [0.29, 0.717) is 25.1 Å². The minimum atomic E-state index is -0.401. The summed E-state index contributed by atoms with van der Waals surface area (Å²) in [6.07, 6.45) is 2.38. The summed E-state index contributed by atoms with van der Waals surface area (Å²) in [4.78, 5) is 32.1. The van der Waals surface area contributed by atoms with E-state index in [-0.39, 0.29) is 6.42 Å². The molecule has 0 aliphatic rings. The monoisotopic (exact) mass is 317 g/mol. The number of carbonyl (C=O) groups is 2. The van der Waals surface area contributed by atoms with Gasteiger partial charge in [0.15, 0.2) is 0 Å². The molecule has 7 nitrogen and oxygen atoms in total. The van der Waals surface area contributed by atoms with Crippen LogP contribution in [0.15, 0.2) is 36.4 Å². The van der Waals surface area contributed by atoms with Crippen LogP contribution < -0.4 is 11.0 Å². The molecule has 0 aliphatic carbocycles. The standard InChI is InChI=1S/C16H19N3O4/c20-15(18-22)8-2-1-5-11-23-19-16(21)14-10-9-12-6-3-4-7-13(12)17-14/h3-4,6-7,9-10,22H,1-2,5,8,11H2,(H,18,20)(H,19,21). The summed E-state index contributed by atoms with van der Waals surface area (Å²) in [5, 5.41) is 9.30. The summed E-state index contributed by atoms with van der Waals surface area (Å²) < 4.78 is 0. The molecule has 7 heteroatoms. The Morgan fingerprint density at radius 2 is 1.91 bits per heavy atom. The normalized spacial score (nSPS) is 10.5. The van der Waals surface area contributed by atoms with Crippen molar-refractivity contribution in [2.45, 2.75) is 25.7 Å². The number of hydroxylamine groups is 2. The first-order valence-corrected chi connectivity index (χ1v) is 7.41. The molecule has 1 aromatic carbocycles. The van der Waals surface area contributed by atoms with Gasteiger partial charge >= 0.3 is 0 Å². The molecule has 0 aliphatic heterocycles. The van der Waals surface area contributed by atoms with Gasteiger partial charge in [-0.15, -0.1) is 0 Å². The van der Waals surface area contributed by atoms with Crippen molar-refractivity contribution in [1.29, 1.82) is 0 Å². The lowest BCUT2D eigenvalue weighted by Gasteiger charge is -2.06. The minimum Gasteiger partial charge on any atom is -0.289 e. The Morgan fingerprint density at radius 3 is 2.74 bits per heavy atom. The van der Waals surface area contributed by atoms with Gasteiger partial charge < -0.3 is 0 Å². The van der Waals surface area contributed by atoms with Crippen LogP contribution in [0.4, 0.5) is 0 Å². The van der Waals surface area contributed by atoms with Gasteiger partial charge in [0.05, 0.1) is 12.1 Å². The average Bonchev–Trinajstić information content (AvgIpc) is 2.60. The zero-order chi connectivity index (χ0) is 16.5. The number of unbranched alkanes of at least 4 members (excludes halogenated alkanes) is 2. The number of nitrogens with one attached hydrogen (secondary N) is 2. The van der Waals surface area contributed by atoms with Crippen molar-refractivity contribution < 1.29 is 19.6 Å². The molecule has 3 N–H and O–H groups in total. The highest BCUT2D eigenvalue weighted by atomic mass is 16.6. The van der Waals surface area contributed by atoms with Crippen molar-refractivity contribution >= 4 is 22.7 Å². The van der Waals surface area contributed by atoms with Gasteiger partial charge in [-0.3, -0.25) is 19.6 Å². The Hall–Kier alpha value is -2.51. The molecule has 0 saturated heterocycles. The smallest absolute Gasteiger partial charge is 0.289 e. The highest BCUT2D eigenvalue weighted by Crippen LogP contribution is 2.11. The maximum atomic E-state index is 11.9. The number of hydrogen-bond donors (Lipinski definition) is 3. The lowest BCUT2D eigenvalue weighted by atomic mass is 10.2. The fourth-order valence-corrected chi connectivity index (χ4v) is 2.05. The minimum absolute atomic E-state index is 0.268. The molecular weight excluding hydrogens is 298 g/mol. The molecule has 2 aromatic rings. The van der Waals surface area contributed by atoms with E-state index < -0.39 is 11.8 Å². The van der Waals surface area contributed by atoms with Gasteiger partial charge in [0.2, 0.25) is 5.91 Å². The van der Waals surface area contributed by atoms with E-state index in [1.54, 1.807) is 11.5 Å². The summed E-state index contributed by atoms with van der Waals surface area (Å²) in [5.41, 5.74) is 4.98. The molecule has 1 heterocycles. The number of amides is 2. The van der Waals surface area contributed by atoms with E-state index in [4.69, 9.17) is 10.0 Å². The van der Waals surface area contributed by atoms with Crippen LogP contribution >= 0.6 is 0 Å². The predicted octanol–water partition coefficient (Wildman–Crippen LogP) is 1.96. The number of carbonyl (C=O) groups excluding carboxylic acids is 2. The molecule has 0 atom stereocenters. The second-order valence-electron chi connectivity index (χ2n) is 5.01. The molecule has 2 rings (SSSR count). The number of benzene rings is 1. The number of rotatable bonds is 8. The van der Waals surface area contributed by atoms with Gasteiger partial charge in [-0.1, -0.05) is 30.7 Å². The fraction of sp³-hybridized carbons (Fsp3) is 0.312. The highest BCUT2D eigenvalue weighted by Gasteiger charge is 2.07. The Bertz CT molecular complexity index is 675. The van der Waals surface area contributed by atoms with Crippen LogP contribution in [0.1, 0.15) is 36.2 Å². The molecule has 0 saturated carbocycles. The van der Waals surface area contributed by atoms with E-state index >= 15 is 0 Å². The lowest BCUT2D eigenvalue weighted by molar-refractivity contribution is -0.129. The quantitative estimate of drug-likeness (QED) is 0.392. The summed E-state index contributed by atoms with van der Waals surface area (Å²) in [5.74, 6) is -0.794. The summed E-state index contributed by atoms with van der Waals surface area (Å²) in [6.45, 7) is 0.347. The predicted molar refractivity (Wildman–Crippen MR) is 83.6 cm³/mol. The summed E-state index contributed by atoms with van der Waals surface area (Å²) >= 11 is 0. The summed E-state index contributed by atoms with van der Waals surface area (Å²) in [7, 11) is 0. The van der Waals surface area contributed by atoms with Crippen molar-refractivity contribution in [2.24, 2.45) is 0 Å². The van der Waals surface area contributed by atoms with Gasteiger partial charge in [-0.05, 0) is 25.0 Å². The molecular formula is C16H19N3O4. The number of aromatic nitrogens is 1. The molecule has 0 spiro atoms. The third kappa shape index (κ3) is 5.32. The second kappa shape index (κ2) is 8.82. The van der Waals surface area contributed by atoms with Gasteiger partial charge in [-0.2, -0.15) is 0 Å². The van der Waals surface area contributed by atoms with E-state index in [9.17, 15) is 9.59 Å². The molecule has 0 unspecified atom stereocenters. The third-order valence-corrected chi connectivity index (χ3v) is 3.27. The maximum absolute atomic E-state index is 11.9. The Balaban J connectivity index is 1.69. The molecule has 0 fully saturated rings. The molecule has 1 aromatic heterocycles. The van der Waals surface area contributed by atoms with Crippen molar-refractivity contribution in [3.63, 3.8) is 0 Å². The van der Waals surface area contributed by atoms with Crippen molar-refractivity contribution in [3.05, 3.63) is 42.1 Å². The topological polar surface area (TPSA) is 101 Å². The van der Waals surface area contributed by atoms with Crippen LogP contribution in [0.25, 0.3) is 10.9 Å². The van der Waals surface area contributed by atoms with Crippen LogP contribution in [-0.2, 0) is 9.63 Å². The van der Waals surface area contributed by atoms with Gasteiger partial charge in [-0.25, -0.2) is 15.9 Å². The molecule has 0 bridgehead atoms. The number of pyridine rings is 1. The first-order chi connectivity index (χ1) is 11.2. The zero-order valence-electron chi connectivity index (χ0n) is 12.6. The van der Waals surface area contributed by atoms with E-state index in [1.165, 1.54) is 0 Å². The van der Waals surface area contributed by atoms with E-state index in [0.717, 1.165) is 17.3 Å². The number of fused-ring (bicyclic) bond motifs is 1. The first-order valence-electron chi connectivity index (χ1n) is 7.41. The van der Waals surface area contributed by atoms with Gasteiger partial charge in [0, 0.05) is 11.8 Å². The van der Waals surface area contributed by atoms with Crippen molar-refractivity contribution in [2.75, 3.05) is 6.61 Å². The van der Waals surface area contributed by atoms with Crippen LogP contribution in [0.5, 0.6) is 0 Å². The molecule has 2 amide bonds. The van der Waals surface area contributed by atoms with Crippen molar-refractivity contribution in [1.82, 2.24) is 15.9 Å².